The van der Waals surface area contributed by atoms with E-state index >= 15 is 0 Å². The number of hydrogen-bond acceptors (Lipinski definition) is 4. The van der Waals surface area contributed by atoms with Crippen LogP contribution in [0.1, 0.15) is 29.5 Å². The molecule has 3 aromatic carbocycles. The van der Waals surface area contributed by atoms with Crippen molar-refractivity contribution < 1.29 is 13.5 Å². The van der Waals surface area contributed by atoms with Crippen molar-refractivity contribution in [1.82, 2.24) is 8.96 Å². The van der Waals surface area contributed by atoms with Gasteiger partial charge < -0.3 is 5.11 Å². The maximum absolute atomic E-state index is 13.4. The van der Waals surface area contributed by atoms with Crippen molar-refractivity contribution in [2.24, 2.45) is 0 Å². The van der Waals surface area contributed by atoms with Crippen LogP contribution in [-0.2, 0) is 10.0 Å². The highest BCUT2D eigenvalue weighted by atomic mass is 32.2. The fourth-order valence-electron chi connectivity index (χ4n) is 3.31. The Bertz CT molecular complexity index is 1290. The third-order valence-corrected chi connectivity index (χ3v) is 6.65. The summed E-state index contributed by atoms with van der Waals surface area (Å²) in [5.41, 5.74) is 2.90. The minimum absolute atomic E-state index is 0.204. The molecule has 1 atom stereocenters. The van der Waals surface area contributed by atoms with Gasteiger partial charge in [-0.1, -0.05) is 66.2 Å². The quantitative estimate of drug-likeness (QED) is 0.492. The highest BCUT2D eigenvalue weighted by Crippen LogP contribution is 2.25. The lowest BCUT2D eigenvalue weighted by atomic mass is 10.1. The van der Waals surface area contributed by atoms with Crippen LogP contribution in [0.3, 0.4) is 0 Å². The summed E-state index contributed by atoms with van der Waals surface area (Å²) in [7, 11) is -3.83. The van der Waals surface area contributed by atoms with Crippen LogP contribution in [-0.4, -0.2) is 22.5 Å². The summed E-state index contributed by atoms with van der Waals surface area (Å²) in [5, 5.41) is 10.4. The minimum Gasteiger partial charge on any atom is -0.388 e. The molecule has 0 amide bonds. The van der Waals surface area contributed by atoms with Crippen LogP contribution in [0.4, 0.5) is 0 Å². The number of benzene rings is 3. The molecule has 1 N–H and O–H groups in total. The number of aliphatic hydroxyl groups is 1. The van der Waals surface area contributed by atoms with E-state index in [1.165, 1.54) is 3.97 Å². The molecule has 0 bridgehead atoms. The first-order valence-corrected chi connectivity index (χ1v) is 11.1. The number of fused-ring (bicyclic) bond motifs is 1. The molecule has 0 saturated heterocycles. The largest absolute Gasteiger partial charge is 0.388 e. The van der Waals surface area contributed by atoms with Crippen molar-refractivity contribution in [3.63, 3.8) is 0 Å². The van der Waals surface area contributed by atoms with Gasteiger partial charge in [0.1, 0.15) is 5.82 Å². The first kappa shape index (κ1) is 20.1. The first-order valence-electron chi connectivity index (χ1n) is 9.66. The van der Waals surface area contributed by atoms with E-state index in [1.54, 1.807) is 54.6 Å². The third-order valence-electron chi connectivity index (χ3n) is 4.91. The molecule has 4 aromatic rings. The average Bonchev–Trinajstić information content (AvgIpc) is 3.13. The molecular weight excluding hydrogens is 396 g/mol. The number of rotatable bonds is 6. The lowest BCUT2D eigenvalue weighted by molar-refractivity contribution is 0.182. The van der Waals surface area contributed by atoms with Gasteiger partial charge in [0.15, 0.2) is 0 Å². The van der Waals surface area contributed by atoms with Gasteiger partial charge in [0, 0.05) is 0 Å². The summed E-state index contributed by atoms with van der Waals surface area (Å²) >= 11 is 0. The summed E-state index contributed by atoms with van der Waals surface area (Å²) in [4.78, 5) is 4.71. The van der Waals surface area contributed by atoms with E-state index in [1.807, 2.05) is 43.3 Å². The first-order chi connectivity index (χ1) is 14.5. The molecular formula is C24H22N2O3S. The van der Waals surface area contributed by atoms with Gasteiger partial charge in [-0.25, -0.2) is 17.4 Å². The molecule has 0 saturated carbocycles. The van der Waals surface area contributed by atoms with Crippen LogP contribution in [0, 0.1) is 6.92 Å². The molecule has 0 fully saturated rings. The number of aliphatic hydroxyl groups excluding tert-OH is 1. The zero-order valence-electron chi connectivity index (χ0n) is 16.5. The normalized spacial score (nSPS) is 13.1. The monoisotopic (exact) mass is 418 g/mol. The van der Waals surface area contributed by atoms with Crippen LogP contribution >= 0.6 is 0 Å². The van der Waals surface area contributed by atoms with Gasteiger partial charge in [-0.2, -0.15) is 0 Å². The standard InChI is InChI=1S/C24H22N2O3S/c1-18-14-16-20(17-15-18)30(28,29)26-22-11-6-5-10-21(22)25-24(26)13-7-12-23(27)19-8-3-2-4-9-19/h2-11,13-17,23,27H,12H2,1H3/b13-7+/t23-/m1/s1. The van der Waals surface area contributed by atoms with Gasteiger partial charge >= 0.3 is 0 Å². The Balaban J connectivity index is 1.73. The summed E-state index contributed by atoms with van der Waals surface area (Å²) < 4.78 is 28.1. The number of imidazole rings is 1. The molecule has 0 radical (unpaired) electrons. The van der Waals surface area contributed by atoms with Gasteiger partial charge in [0.05, 0.1) is 22.0 Å². The van der Waals surface area contributed by atoms with Gasteiger partial charge in [0.2, 0.25) is 0 Å². The summed E-state index contributed by atoms with van der Waals surface area (Å²) in [5.74, 6) is 0.303. The van der Waals surface area contributed by atoms with E-state index in [4.69, 9.17) is 0 Å². The lowest BCUT2D eigenvalue weighted by Crippen LogP contribution is -2.14. The van der Waals surface area contributed by atoms with Gasteiger partial charge in [-0.05, 0) is 49.2 Å². The highest BCUT2D eigenvalue weighted by Gasteiger charge is 2.23. The van der Waals surface area contributed by atoms with Crippen LogP contribution in [0.2, 0.25) is 0 Å². The van der Waals surface area contributed by atoms with Gasteiger partial charge in [-0.15, -0.1) is 0 Å². The number of aromatic nitrogens is 2. The molecule has 152 valence electrons. The second-order valence-electron chi connectivity index (χ2n) is 7.11. The average molecular weight is 419 g/mol. The Morgan fingerprint density at radius 1 is 0.967 bits per heavy atom. The predicted molar refractivity (Wildman–Crippen MR) is 119 cm³/mol. The number of hydrogen-bond donors (Lipinski definition) is 1. The Morgan fingerprint density at radius 2 is 1.63 bits per heavy atom. The number of para-hydroxylation sites is 2. The summed E-state index contributed by atoms with van der Waals surface area (Å²) in [6.45, 7) is 1.91. The second kappa shape index (κ2) is 8.26. The van der Waals surface area contributed by atoms with Crippen LogP contribution in [0.5, 0.6) is 0 Å². The molecule has 1 aromatic heterocycles. The van der Waals surface area contributed by atoms with E-state index in [-0.39, 0.29) is 4.90 Å². The van der Waals surface area contributed by atoms with E-state index in [0.29, 0.717) is 23.3 Å². The zero-order chi connectivity index (χ0) is 21.1. The fourth-order valence-corrected chi connectivity index (χ4v) is 4.76. The molecule has 0 aliphatic rings. The molecule has 6 heteroatoms. The molecule has 0 spiro atoms. The second-order valence-corrected chi connectivity index (χ2v) is 8.89. The Morgan fingerprint density at radius 3 is 2.37 bits per heavy atom. The maximum atomic E-state index is 13.4. The van der Waals surface area contributed by atoms with E-state index in [9.17, 15) is 13.5 Å². The summed E-state index contributed by atoms with van der Waals surface area (Å²) in [6, 6.07) is 23.2. The molecule has 0 aliphatic carbocycles. The molecule has 1 heterocycles. The summed E-state index contributed by atoms with van der Waals surface area (Å²) in [6.07, 6.45) is 3.07. The molecule has 30 heavy (non-hydrogen) atoms. The van der Waals surface area contributed by atoms with Crippen molar-refractivity contribution in [1.29, 1.82) is 0 Å². The van der Waals surface area contributed by atoms with E-state index < -0.39 is 16.1 Å². The molecule has 0 aliphatic heterocycles. The van der Waals surface area contributed by atoms with Gasteiger partial charge in [-0.3, -0.25) is 0 Å². The Labute approximate surface area is 176 Å². The van der Waals surface area contributed by atoms with Crippen LogP contribution in [0.15, 0.2) is 89.8 Å². The van der Waals surface area contributed by atoms with E-state index in [2.05, 4.69) is 4.98 Å². The Hall–Kier alpha value is -3.22. The van der Waals surface area contributed by atoms with Crippen molar-refractivity contribution in [2.75, 3.05) is 0 Å². The minimum atomic E-state index is -3.83. The molecule has 0 unspecified atom stereocenters. The topological polar surface area (TPSA) is 72.2 Å². The predicted octanol–water partition coefficient (Wildman–Crippen LogP) is 4.72. The van der Waals surface area contributed by atoms with Crippen molar-refractivity contribution in [3.05, 3.63) is 102 Å². The van der Waals surface area contributed by atoms with E-state index in [0.717, 1.165) is 11.1 Å². The maximum Gasteiger partial charge on any atom is 0.269 e. The Kier molecular flexibility index (Phi) is 5.53. The van der Waals surface area contributed by atoms with Crippen molar-refractivity contribution >= 4 is 27.1 Å². The highest BCUT2D eigenvalue weighted by molar-refractivity contribution is 7.90. The van der Waals surface area contributed by atoms with Crippen LogP contribution in [0.25, 0.3) is 17.1 Å². The smallest absolute Gasteiger partial charge is 0.269 e. The molecule has 4 rings (SSSR count). The van der Waals surface area contributed by atoms with Crippen molar-refractivity contribution in [3.8, 4) is 0 Å². The SMILES string of the molecule is Cc1ccc(S(=O)(=O)n2c(/C=C/C[C@@H](O)c3ccccc3)nc3ccccc32)cc1. The molecule has 5 nitrogen and oxygen atoms in total. The third kappa shape index (κ3) is 3.92. The van der Waals surface area contributed by atoms with Crippen molar-refractivity contribution in [2.45, 2.75) is 24.3 Å². The number of aryl methyl sites for hydroxylation is 1. The van der Waals surface area contributed by atoms with Crippen LogP contribution < -0.4 is 0 Å². The van der Waals surface area contributed by atoms with Gasteiger partial charge in [0.25, 0.3) is 10.0 Å². The zero-order valence-corrected chi connectivity index (χ0v) is 17.3. The fraction of sp³-hybridized carbons (Fsp3) is 0.125. The number of nitrogens with zero attached hydrogens (tertiary/aromatic N) is 2. The lowest BCUT2D eigenvalue weighted by Gasteiger charge is -2.10.